The summed E-state index contributed by atoms with van der Waals surface area (Å²) in [5.41, 5.74) is 0. The molecule has 1 amide bonds. The first kappa shape index (κ1) is 17.4. The molecule has 7 heteroatoms. The quantitative estimate of drug-likeness (QED) is 0.889. The Kier molecular flexibility index (Phi) is 6.03. The molecule has 25 heavy (non-hydrogen) atoms. The topological polar surface area (TPSA) is 70.8 Å². The number of rotatable bonds is 5. The lowest BCUT2D eigenvalue weighted by atomic mass is 10.3. The third-order valence-corrected chi connectivity index (χ3v) is 4.22. The van der Waals surface area contributed by atoms with E-state index in [1.165, 1.54) is 0 Å². The molecule has 0 radical (unpaired) electrons. The fourth-order valence-electron chi connectivity index (χ4n) is 2.97. The van der Waals surface area contributed by atoms with Crippen LogP contribution in [0.5, 0.6) is 5.75 Å². The Labute approximate surface area is 147 Å². The van der Waals surface area contributed by atoms with Crippen LogP contribution in [0.4, 0.5) is 4.79 Å². The molecule has 7 nitrogen and oxygen atoms in total. The number of ether oxygens (including phenoxy) is 1. The zero-order valence-electron chi connectivity index (χ0n) is 14.2. The predicted molar refractivity (Wildman–Crippen MR) is 93.3 cm³/mol. The first-order valence-corrected chi connectivity index (χ1v) is 8.60. The molecule has 1 aliphatic heterocycles. The molecule has 1 fully saturated rings. The molecule has 1 saturated heterocycles. The molecular formula is C18H24N4O3. The molecule has 1 unspecified atom stereocenters. The Morgan fingerprint density at radius 2 is 1.96 bits per heavy atom. The lowest BCUT2D eigenvalue weighted by Gasteiger charge is -2.23. The van der Waals surface area contributed by atoms with Crippen molar-refractivity contribution in [2.24, 2.45) is 0 Å². The number of aliphatic hydroxyl groups excluding tert-OH is 1. The molecule has 134 valence electrons. The van der Waals surface area contributed by atoms with E-state index < -0.39 is 6.10 Å². The summed E-state index contributed by atoms with van der Waals surface area (Å²) in [5, 5.41) is 14.3. The Morgan fingerprint density at radius 1 is 1.12 bits per heavy atom. The minimum Gasteiger partial charge on any atom is -0.410 e. The van der Waals surface area contributed by atoms with Crippen molar-refractivity contribution in [2.45, 2.75) is 19.1 Å². The van der Waals surface area contributed by atoms with Crippen molar-refractivity contribution in [1.29, 1.82) is 0 Å². The number of hydrogen-bond donors (Lipinski definition) is 1. The molecule has 0 spiro atoms. The van der Waals surface area contributed by atoms with Crippen LogP contribution in [0.1, 0.15) is 6.42 Å². The highest BCUT2D eigenvalue weighted by Gasteiger charge is 2.22. The molecule has 1 aliphatic rings. The second-order valence-electron chi connectivity index (χ2n) is 6.20. The predicted octanol–water partition coefficient (Wildman–Crippen LogP) is 1.45. The van der Waals surface area contributed by atoms with Gasteiger partial charge in [0.05, 0.1) is 12.6 Å². The second kappa shape index (κ2) is 8.64. The van der Waals surface area contributed by atoms with Crippen LogP contribution in [0.3, 0.4) is 0 Å². The first-order chi connectivity index (χ1) is 12.2. The van der Waals surface area contributed by atoms with Crippen molar-refractivity contribution >= 4 is 6.09 Å². The first-order valence-electron chi connectivity index (χ1n) is 8.60. The van der Waals surface area contributed by atoms with Crippen LogP contribution in [0.25, 0.3) is 0 Å². The van der Waals surface area contributed by atoms with Crippen LogP contribution in [-0.4, -0.2) is 69.6 Å². The molecule has 2 aromatic rings. The minimum atomic E-state index is -0.484. The van der Waals surface area contributed by atoms with Crippen molar-refractivity contribution < 1.29 is 14.6 Å². The van der Waals surface area contributed by atoms with E-state index in [-0.39, 0.29) is 6.09 Å². The maximum absolute atomic E-state index is 12.3. The summed E-state index contributed by atoms with van der Waals surface area (Å²) in [6.45, 7) is 3.88. The molecule has 0 aliphatic carbocycles. The number of amides is 1. The largest absolute Gasteiger partial charge is 0.415 e. The van der Waals surface area contributed by atoms with Crippen molar-refractivity contribution in [1.82, 2.24) is 19.6 Å². The van der Waals surface area contributed by atoms with Gasteiger partial charge in [-0.2, -0.15) is 5.10 Å². The minimum absolute atomic E-state index is 0.315. The fourth-order valence-corrected chi connectivity index (χ4v) is 2.97. The standard InChI is InChI=1S/C18H24N4O3/c23-16(15-22-11-4-8-19-22)14-20-9-5-10-21(13-12-20)18(24)25-17-6-2-1-3-7-17/h1-4,6-8,11,16,23H,5,9-10,12-15H2. The van der Waals surface area contributed by atoms with Gasteiger partial charge in [-0.1, -0.05) is 18.2 Å². The van der Waals surface area contributed by atoms with Gasteiger partial charge in [0.25, 0.3) is 0 Å². The van der Waals surface area contributed by atoms with Crippen LogP contribution in [0, 0.1) is 0 Å². The Morgan fingerprint density at radius 3 is 2.72 bits per heavy atom. The number of aromatic nitrogens is 2. The van der Waals surface area contributed by atoms with Gasteiger partial charge in [0, 0.05) is 38.6 Å². The summed E-state index contributed by atoms with van der Waals surface area (Å²) in [6.07, 6.45) is 3.60. The number of para-hydroxylation sites is 1. The number of nitrogens with zero attached hydrogens (tertiary/aromatic N) is 4. The molecule has 0 bridgehead atoms. The maximum atomic E-state index is 12.3. The number of carbonyl (C=O) groups is 1. The second-order valence-corrected chi connectivity index (χ2v) is 6.20. The highest BCUT2D eigenvalue weighted by atomic mass is 16.6. The molecule has 1 aromatic carbocycles. The van der Waals surface area contributed by atoms with Gasteiger partial charge in [-0.25, -0.2) is 4.79 Å². The van der Waals surface area contributed by atoms with Crippen LogP contribution in [-0.2, 0) is 6.54 Å². The zero-order chi connectivity index (χ0) is 17.5. The smallest absolute Gasteiger partial charge is 0.410 e. The van der Waals surface area contributed by atoms with Crippen molar-refractivity contribution in [3.63, 3.8) is 0 Å². The van der Waals surface area contributed by atoms with E-state index in [4.69, 9.17) is 4.74 Å². The average molecular weight is 344 g/mol. The van der Waals surface area contributed by atoms with Crippen LogP contribution < -0.4 is 4.74 Å². The SMILES string of the molecule is O=C(Oc1ccccc1)N1CCCN(CC(O)Cn2cccn2)CC1. The normalized spacial score (nSPS) is 17.1. The number of carbonyl (C=O) groups excluding carboxylic acids is 1. The van der Waals surface area contributed by atoms with Gasteiger partial charge in [-0.3, -0.25) is 9.58 Å². The van der Waals surface area contributed by atoms with Gasteiger partial charge in [0.1, 0.15) is 5.75 Å². The zero-order valence-corrected chi connectivity index (χ0v) is 14.2. The molecule has 1 atom stereocenters. The Bertz CT molecular complexity index is 648. The molecule has 2 heterocycles. The molecule has 3 rings (SSSR count). The lowest BCUT2D eigenvalue weighted by molar-refractivity contribution is 0.0961. The van der Waals surface area contributed by atoms with E-state index in [1.807, 2.05) is 30.5 Å². The maximum Gasteiger partial charge on any atom is 0.415 e. The Balaban J connectivity index is 1.46. The average Bonchev–Trinajstić information content (AvgIpc) is 3.00. The van der Waals surface area contributed by atoms with E-state index in [2.05, 4.69) is 10.00 Å². The summed E-state index contributed by atoms with van der Waals surface area (Å²) in [4.78, 5) is 16.2. The Hall–Kier alpha value is -2.38. The van der Waals surface area contributed by atoms with Crippen molar-refractivity contribution in [3.8, 4) is 5.75 Å². The summed E-state index contributed by atoms with van der Waals surface area (Å²) in [7, 11) is 0. The summed E-state index contributed by atoms with van der Waals surface area (Å²) < 4.78 is 7.13. The highest BCUT2D eigenvalue weighted by Crippen LogP contribution is 2.12. The molecule has 1 aromatic heterocycles. The van der Waals surface area contributed by atoms with Crippen molar-refractivity contribution in [2.75, 3.05) is 32.7 Å². The number of benzene rings is 1. The van der Waals surface area contributed by atoms with Crippen LogP contribution in [0.15, 0.2) is 48.8 Å². The van der Waals surface area contributed by atoms with E-state index in [9.17, 15) is 9.90 Å². The molecular weight excluding hydrogens is 320 g/mol. The van der Waals surface area contributed by atoms with Crippen LogP contribution >= 0.6 is 0 Å². The monoisotopic (exact) mass is 344 g/mol. The van der Waals surface area contributed by atoms with Gasteiger partial charge in [-0.15, -0.1) is 0 Å². The van der Waals surface area contributed by atoms with E-state index >= 15 is 0 Å². The van der Waals surface area contributed by atoms with Gasteiger partial charge in [-0.05, 0) is 31.2 Å². The third kappa shape index (κ3) is 5.30. The fraction of sp³-hybridized carbons (Fsp3) is 0.444. The lowest BCUT2D eigenvalue weighted by Crippen LogP contribution is -2.39. The molecule has 0 saturated carbocycles. The number of β-amino-alcohol motifs (C(OH)–C–C–N with tert-alkyl or cyclic N) is 1. The van der Waals surface area contributed by atoms with E-state index in [1.54, 1.807) is 27.9 Å². The summed E-state index contributed by atoms with van der Waals surface area (Å²) >= 11 is 0. The highest BCUT2D eigenvalue weighted by molar-refractivity contribution is 5.70. The number of hydrogen-bond acceptors (Lipinski definition) is 5. The molecule has 1 N–H and O–H groups in total. The summed E-state index contributed by atoms with van der Waals surface area (Å²) in [5.74, 6) is 0.559. The van der Waals surface area contributed by atoms with E-state index in [0.29, 0.717) is 31.9 Å². The van der Waals surface area contributed by atoms with Gasteiger partial charge >= 0.3 is 6.09 Å². The van der Waals surface area contributed by atoms with Gasteiger partial charge < -0.3 is 14.7 Å². The third-order valence-electron chi connectivity index (χ3n) is 4.22. The van der Waals surface area contributed by atoms with Crippen LogP contribution in [0.2, 0.25) is 0 Å². The summed E-state index contributed by atoms with van der Waals surface area (Å²) in [6, 6.07) is 11.0. The van der Waals surface area contributed by atoms with Gasteiger partial charge in [0.15, 0.2) is 0 Å². The van der Waals surface area contributed by atoms with Gasteiger partial charge in [0.2, 0.25) is 0 Å². The van der Waals surface area contributed by atoms with E-state index in [0.717, 1.165) is 19.5 Å². The van der Waals surface area contributed by atoms with Crippen molar-refractivity contribution in [3.05, 3.63) is 48.8 Å². The number of aliphatic hydroxyl groups is 1.